The van der Waals surface area contributed by atoms with Crippen molar-refractivity contribution in [3.05, 3.63) is 24.3 Å². The summed E-state index contributed by atoms with van der Waals surface area (Å²) in [5.41, 5.74) is 0.523. The number of para-hydroxylation sites is 2. The van der Waals surface area contributed by atoms with Crippen molar-refractivity contribution < 1.29 is 28.5 Å². The van der Waals surface area contributed by atoms with E-state index < -0.39 is 24.1 Å². The second kappa shape index (κ2) is 10.3. The highest BCUT2D eigenvalue weighted by atomic mass is 16.6. The van der Waals surface area contributed by atoms with Crippen LogP contribution in [0.4, 0.5) is 5.69 Å². The number of ether oxygens (including phenoxy) is 4. The van der Waals surface area contributed by atoms with Crippen molar-refractivity contribution >= 4 is 17.6 Å². The lowest BCUT2D eigenvalue weighted by atomic mass is 10.1. The molecule has 1 aliphatic heterocycles. The molecule has 0 aliphatic carbocycles. The van der Waals surface area contributed by atoms with Crippen LogP contribution in [0, 0.1) is 5.92 Å². The van der Waals surface area contributed by atoms with E-state index in [1.165, 1.54) is 7.11 Å². The van der Waals surface area contributed by atoms with E-state index in [1.807, 2.05) is 19.9 Å². The minimum atomic E-state index is -0.934. The monoisotopic (exact) mass is 379 g/mol. The Morgan fingerprint density at radius 1 is 1.26 bits per heavy atom. The number of carbonyl (C=O) groups excluding carboxylic acids is 2. The molecule has 1 saturated heterocycles. The van der Waals surface area contributed by atoms with E-state index in [4.69, 9.17) is 18.9 Å². The molecule has 7 heteroatoms. The first kappa shape index (κ1) is 21.2. The Balaban J connectivity index is 1.92. The molecule has 0 aromatic heterocycles. The Kier molecular flexibility index (Phi) is 8.06. The zero-order valence-electron chi connectivity index (χ0n) is 16.4. The highest BCUT2D eigenvalue weighted by Crippen LogP contribution is 2.24. The smallest absolute Gasteiger partial charge is 0.335 e. The van der Waals surface area contributed by atoms with Gasteiger partial charge < -0.3 is 24.3 Å². The van der Waals surface area contributed by atoms with Crippen molar-refractivity contribution in [1.29, 1.82) is 0 Å². The number of nitrogens with one attached hydrogen (secondary N) is 1. The molecule has 150 valence electrons. The normalized spacial score (nSPS) is 18.8. The summed E-state index contributed by atoms with van der Waals surface area (Å²) in [5.74, 6) is -0.641. The molecule has 0 radical (unpaired) electrons. The van der Waals surface area contributed by atoms with Crippen LogP contribution in [0.3, 0.4) is 0 Å². The molecule has 2 rings (SSSR count). The summed E-state index contributed by atoms with van der Waals surface area (Å²) in [6.07, 6.45) is 0.254. The van der Waals surface area contributed by atoms with Crippen LogP contribution in [0.15, 0.2) is 24.3 Å². The van der Waals surface area contributed by atoms with Gasteiger partial charge in [-0.15, -0.1) is 0 Å². The first-order chi connectivity index (χ1) is 12.9. The van der Waals surface area contributed by atoms with Crippen molar-refractivity contribution in [3.8, 4) is 5.75 Å². The zero-order valence-corrected chi connectivity index (χ0v) is 16.4. The summed E-state index contributed by atoms with van der Waals surface area (Å²) in [5, 5.41) is 2.76. The van der Waals surface area contributed by atoms with Gasteiger partial charge in [-0.1, -0.05) is 26.0 Å². The quantitative estimate of drug-likeness (QED) is 0.665. The summed E-state index contributed by atoms with van der Waals surface area (Å²) < 4.78 is 21.7. The maximum atomic E-state index is 12.6. The predicted octanol–water partition coefficient (Wildman–Crippen LogP) is 2.79. The van der Waals surface area contributed by atoms with Gasteiger partial charge in [0.2, 0.25) is 0 Å². The lowest BCUT2D eigenvalue weighted by molar-refractivity contribution is -0.168. The summed E-state index contributed by atoms with van der Waals surface area (Å²) in [6.45, 7) is 6.32. The lowest BCUT2D eigenvalue weighted by Crippen LogP contribution is -2.39. The van der Waals surface area contributed by atoms with E-state index in [0.29, 0.717) is 18.0 Å². The summed E-state index contributed by atoms with van der Waals surface area (Å²) in [6, 6.07) is 7.06. The maximum Gasteiger partial charge on any atom is 0.335 e. The number of carbonyl (C=O) groups is 2. The minimum absolute atomic E-state index is 0.0231. The first-order valence-corrected chi connectivity index (χ1v) is 9.30. The fourth-order valence-electron chi connectivity index (χ4n) is 2.76. The Labute approximate surface area is 160 Å². The minimum Gasteiger partial charge on any atom is -0.495 e. The van der Waals surface area contributed by atoms with Crippen molar-refractivity contribution in [2.75, 3.05) is 25.6 Å². The molecular weight excluding hydrogens is 350 g/mol. The molecule has 7 nitrogen and oxygen atoms in total. The number of amides is 1. The molecule has 1 fully saturated rings. The Bertz CT molecular complexity index is 627. The van der Waals surface area contributed by atoms with E-state index in [-0.39, 0.29) is 12.0 Å². The van der Waals surface area contributed by atoms with E-state index in [0.717, 1.165) is 19.4 Å². The van der Waals surface area contributed by atoms with Gasteiger partial charge in [-0.3, -0.25) is 4.79 Å². The number of rotatable bonds is 9. The highest BCUT2D eigenvalue weighted by molar-refractivity contribution is 5.96. The number of esters is 1. The second-order valence-electron chi connectivity index (χ2n) is 6.90. The van der Waals surface area contributed by atoms with E-state index in [9.17, 15) is 9.59 Å². The second-order valence-corrected chi connectivity index (χ2v) is 6.90. The molecule has 3 atom stereocenters. The van der Waals surface area contributed by atoms with Crippen LogP contribution in [-0.2, 0) is 23.8 Å². The average molecular weight is 379 g/mol. The van der Waals surface area contributed by atoms with Crippen molar-refractivity contribution in [2.24, 2.45) is 5.92 Å². The van der Waals surface area contributed by atoms with Crippen molar-refractivity contribution in [1.82, 2.24) is 0 Å². The van der Waals surface area contributed by atoms with E-state index in [1.54, 1.807) is 25.1 Å². The molecule has 27 heavy (non-hydrogen) atoms. The third-order valence-electron chi connectivity index (χ3n) is 4.36. The number of methoxy groups -OCH3 is 1. The number of hydrogen-bond acceptors (Lipinski definition) is 6. The van der Waals surface area contributed by atoms with Crippen LogP contribution >= 0.6 is 0 Å². The van der Waals surface area contributed by atoms with Crippen LogP contribution in [0.25, 0.3) is 0 Å². The number of benzene rings is 1. The van der Waals surface area contributed by atoms with Gasteiger partial charge in [0, 0.05) is 6.61 Å². The molecular formula is C20H29NO6. The standard InChI is InChI=1S/C20H29NO6/c1-13(2)18(19(22)21-16-9-5-6-10-17(16)24-4)27-20(23)14(3)26-12-15-8-7-11-25-15/h5-6,9-10,13-15,18H,7-8,11-12H2,1-4H3,(H,21,22). The van der Waals surface area contributed by atoms with Crippen LogP contribution < -0.4 is 10.1 Å². The van der Waals surface area contributed by atoms with E-state index >= 15 is 0 Å². The van der Waals surface area contributed by atoms with E-state index in [2.05, 4.69) is 5.32 Å². The lowest BCUT2D eigenvalue weighted by Gasteiger charge is -2.23. The molecule has 0 bridgehead atoms. The Morgan fingerprint density at radius 3 is 2.63 bits per heavy atom. The van der Waals surface area contributed by atoms with Gasteiger partial charge in [0.1, 0.15) is 5.75 Å². The molecule has 3 unspecified atom stereocenters. The molecule has 1 heterocycles. The third-order valence-corrected chi connectivity index (χ3v) is 4.36. The maximum absolute atomic E-state index is 12.6. The molecule has 0 saturated carbocycles. The van der Waals surface area contributed by atoms with Gasteiger partial charge in [0.05, 0.1) is 25.5 Å². The van der Waals surface area contributed by atoms with Crippen LogP contribution in [-0.4, -0.2) is 50.5 Å². The first-order valence-electron chi connectivity index (χ1n) is 9.30. The van der Waals surface area contributed by atoms with Gasteiger partial charge in [0.25, 0.3) is 5.91 Å². The summed E-state index contributed by atoms with van der Waals surface area (Å²) in [7, 11) is 1.53. The SMILES string of the molecule is COc1ccccc1NC(=O)C(OC(=O)C(C)OCC1CCCO1)C(C)C. The average Bonchev–Trinajstić information content (AvgIpc) is 3.17. The van der Waals surface area contributed by atoms with Crippen LogP contribution in [0.5, 0.6) is 5.75 Å². The number of anilines is 1. The molecule has 1 aliphatic rings. The Hall–Kier alpha value is -2.12. The molecule has 1 amide bonds. The van der Waals surface area contributed by atoms with Crippen LogP contribution in [0.2, 0.25) is 0 Å². The molecule has 0 spiro atoms. The van der Waals surface area contributed by atoms with Gasteiger partial charge in [0.15, 0.2) is 12.2 Å². The van der Waals surface area contributed by atoms with Gasteiger partial charge in [-0.2, -0.15) is 0 Å². The highest BCUT2D eigenvalue weighted by Gasteiger charge is 2.30. The predicted molar refractivity (Wildman–Crippen MR) is 101 cm³/mol. The third kappa shape index (κ3) is 6.22. The summed E-state index contributed by atoms with van der Waals surface area (Å²) in [4.78, 5) is 25.0. The molecule has 1 aromatic carbocycles. The molecule has 1 N–H and O–H groups in total. The van der Waals surface area contributed by atoms with Crippen molar-refractivity contribution in [2.45, 2.75) is 51.9 Å². The topological polar surface area (TPSA) is 83.1 Å². The fourth-order valence-corrected chi connectivity index (χ4v) is 2.76. The van der Waals surface area contributed by atoms with Gasteiger partial charge in [-0.25, -0.2) is 4.79 Å². The number of hydrogen-bond donors (Lipinski definition) is 1. The van der Waals surface area contributed by atoms with Gasteiger partial charge >= 0.3 is 5.97 Å². The largest absolute Gasteiger partial charge is 0.495 e. The Morgan fingerprint density at radius 2 is 2.00 bits per heavy atom. The van der Waals surface area contributed by atoms with Crippen molar-refractivity contribution in [3.63, 3.8) is 0 Å². The zero-order chi connectivity index (χ0) is 19.8. The fraction of sp³-hybridized carbons (Fsp3) is 0.600. The van der Waals surface area contributed by atoms with Gasteiger partial charge in [-0.05, 0) is 37.8 Å². The summed E-state index contributed by atoms with van der Waals surface area (Å²) >= 11 is 0. The van der Waals surface area contributed by atoms with Crippen LogP contribution in [0.1, 0.15) is 33.6 Å². The molecule has 1 aromatic rings.